The molecule has 0 bridgehead atoms. The predicted molar refractivity (Wildman–Crippen MR) is 58.5 cm³/mol. The fraction of sp³-hybridized carbons (Fsp3) is 0.917. The minimum Gasteiger partial charge on any atom is -0.365 e. The molecule has 3 heteroatoms. The molecule has 0 radical (unpaired) electrons. The molecular weight excluding hydrogens is 190 g/mol. The molecule has 2 rings (SSSR count). The summed E-state index contributed by atoms with van der Waals surface area (Å²) in [5.74, 6) is 0.818. The zero-order chi connectivity index (χ0) is 10.8. The van der Waals surface area contributed by atoms with Crippen LogP contribution in [-0.2, 0) is 9.53 Å². The van der Waals surface area contributed by atoms with Crippen LogP contribution in [0.2, 0.25) is 0 Å². The molecule has 2 fully saturated rings. The molecule has 2 aliphatic rings. The highest BCUT2D eigenvalue weighted by Crippen LogP contribution is 2.26. The van der Waals surface area contributed by atoms with E-state index in [1.165, 1.54) is 0 Å². The quantitative estimate of drug-likeness (QED) is 0.662. The van der Waals surface area contributed by atoms with Gasteiger partial charge in [-0.25, -0.2) is 0 Å². The number of hydrogen-bond acceptors (Lipinski definition) is 2. The molecule has 2 heterocycles. The molecule has 0 aromatic heterocycles. The highest BCUT2D eigenvalue weighted by molar-refractivity contribution is 5.81. The standard InChI is InChI=1S/C12H21NO2/c1-9-5-6-11(15-10(9)2)12(14)13-7-3-4-8-13/h9-11H,3-8H2,1-2H3. The number of hydrogen-bond donors (Lipinski definition) is 0. The van der Waals surface area contributed by atoms with Crippen molar-refractivity contribution in [1.29, 1.82) is 0 Å². The number of likely N-dealkylation sites (tertiary alicyclic amines) is 1. The lowest BCUT2D eigenvalue weighted by atomic mass is 9.94. The summed E-state index contributed by atoms with van der Waals surface area (Å²) in [7, 11) is 0. The number of carbonyl (C=O) groups excluding carboxylic acids is 1. The largest absolute Gasteiger partial charge is 0.365 e. The fourth-order valence-corrected chi connectivity index (χ4v) is 2.43. The number of amides is 1. The first-order valence-corrected chi connectivity index (χ1v) is 6.12. The van der Waals surface area contributed by atoms with Crippen molar-refractivity contribution in [3.05, 3.63) is 0 Å². The van der Waals surface area contributed by atoms with Crippen LogP contribution < -0.4 is 0 Å². The van der Waals surface area contributed by atoms with E-state index in [9.17, 15) is 4.79 Å². The smallest absolute Gasteiger partial charge is 0.251 e. The van der Waals surface area contributed by atoms with Crippen LogP contribution in [0.5, 0.6) is 0 Å². The average molecular weight is 211 g/mol. The summed E-state index contributed by atoms with van der Waals surface area (Å²) < 4.78 is 5.78. The third-order valence-electron chi connectivity index (χ3n) is 3.76. The van der Waals surface area contributed by atoms with E-state index in [0.717, 1.165) is 38.8 Å². The van der Waals surface area contributed by atoms with Crippen LogP contribution in [0.3, 0.4) is 0 Å². The molecule has 2 saturated heterocycles. The maximum Gasteiger partial charge on any atom is 0.251 e. The van der Waals surface area contributed by atoms with Crippen molar-refractivity contribution in [1.82, 2.24) is 4.90 Å². The first-order valence-electron chi connectivity index (χ1n) is 6.12. The van der Waals surface area contributed by atoms with Crippen LogP contribution in [0.15, 0.2) is 0 Å². The van der Waals surface area contributed by atoms with Gasteiger partial charge in [0.25, 0.3) is 5.91 Å². The van der Waals surface area contributed by atoms with Crippen LogP contribution in [0.4, 0.5) is 0 Å². The van der Waals surface area contributed by atoms with Crippen molar-refractivity contribution in [2.75, 3.05) is 13.1 Å². The van der Waals surface area contributed by atoms with E-state index in [1.54, 1.807) is 0 Å². The fourth-order valence-electron chi connectivity index (χ4n) is 2.43. The van der Waals surface area contributed by atoms with Gasteiger partial charge in [-0.3, -0.25) is 4.79 Å². The van der Waals surface area contributed by atoms with Gasteiger partial charge in [-0.1, -0.05) is 6.92 Å². The van der Waals surface area contributed by atoms with Gasteiger partial charge in [0.1, 0.15) is 6.10 Å². The van der Waals surface area contributed by atoms with E-state index in [0.29, 0.717) is 5.92 Å². The normalized spacial score (nSPS) is 36.9. The second-order valence-electron chi connectivity index (χ2n) is 4.92. The van der Waals surface area contributed by atoms with E-state index in [1.807, 2.05) is 4.90 Å². The molecule has 0 aromatic carbocycles. The topological polar surface area (TPSA) is 29.5 Å². The number of rotatable bonds is 1. The Kier molecular flexibility index (Phi) is 3.29. The molecule has 15 heavy (non-hydrogen) atoms. The SMILES string of the molecule is CC1CCC(C(=O)N2CCCC2)OC1C. The van der Waals surface area contributed by atoms with Crippen molar-refractivity contribution in [3.63, 3.8) is 0 Å². The van der Waals surface area contributed by atoms with Crippen molar-refractivity contribution >= 4 is 5.91 Å². The first-order chi connectivity index (χ1) is 7.18. The van der Waals surface area contributed by atoms with Gasteiger partial charge in [0.15, 0.2) is 0 Å². The molecule has 0 spiro atoms. The average Bonchev–Trinajstić information content (AvgIpc) is 2.74. The Morgan fingerprint density at radius 3 is 2.47 bits per heavy atom. The molecule has 3 nitrogen and oxygen atoms in total. The highest BCUT2D eigenvalue weighted by atomic mass is 16.5. The minimum atomic E-state index is -0.158. The zero-order valence-electron chi connectivity index (χ0n) is 9.74. The molecule has 0 N–H and O–H groups in total. The lowest BCUT2D eigenvalue weighted by molar-refractivity contribution is -0.153. The number of nitrogens with zero attached hydrogens (tertiary/aromatic N) is 1. The number of ether oxygens (including phenoxy) is 1. The van der Waals surface area contributed by atoms with Crippen molar-refractivity contribution < 1.29 is 9.53 Å². The zero-order valence-corrected chi connectivity index (χ0v) is 9.74. The van der Waals surface area contributed by atoms with E-state index in [2.05, 4.69) is 13.8 Å². The van der Waals surface area contributed by atoms with Gasteiger partial charge in [-0.2, -0.15) is 0 Å². The van der Waals surface area contributed by atoms with Crippen LogP contribution in [0.25, 0.3) is 0 Å². The molecule has 0 aliphatic carbocycles. The Hall–Kier alpha value is -0.570. The Balaban J connectivity index is 1.90. The molecule has 3 unspecified atom stereocenters. The van der Waals surface area contributed by atoms with Crippen molar-refractivity contribution in [2.24, 2.45) is 5.92 Å². The molecule has 0 aromatic rings. The van der Waals surface area contributed by atoms with Crippen LogP contribution >= 0.6 is 0 Å². The molecule has 3 atom stereocenters. The summed E-state index contributed by atoms with van der Waals surface area (Å²) in [6, 6.07) is 0. The summed E-state index contributed by atoms with van der Waals surface area (Å²) in [5.41, 5.74) is 0. The third-order valence-corrected chi connectivity index (χ3v) is 3.76. The molecule has 0 saturated carbocycles. The summed E-state index contributed by atoms with van der Waals surface area (Å²) in [4.78, 5) is 14.0. The van der Waals surface area contributed by atoms with Crippen molar-refractivity contribution in [2.45, 2.75) is 51.7 Å². The summed E-state index contributed by atoms with van der Waals surface area (Å²) in [5, 5.41) is 0. The Bertz CT molecular complexity index is 236. The Labute approximate surface area is 91.8 Å². The van der Waals surface area contributed by atoms with E-state index < -0.39 is 0 Å². The summed E-state index contributed by atoms with van der Waals surface area (Å²) >= 11 is 0. The van der Waals surface area contributed by atoms with Gasteiger partial charge in [0, 0.05) is 13.1 Å². The van der Waals surface area contributed by atoms with E-state index in [-0.39, 0.29) is 18.1 Å². The van der Waals surface area contributed by atoms with Crippen LogP contribution in [0, 0.1) is 5.92 Å². The van der Waals surface area contributed by atoms with E-state index >= 15 is 0 Å². The first kappa shape index (κ1) is 10.9. The maximum absolute atomic E-state index is 12.1. The molecule has 2 aliphatic heterocycles. The second-order valence-corrected chi connectivity index (χ2v) is 4.92. The maximum atomic E-state index is 12.1. The van der Waals surface area contributed by atoms with Gasteiger partial charge in [-0.15, -0.1) is 0 Å². The molecule has 1 amide bonds. The van der Waals surface area contributed by atoms with Crippen LogP contribution in [0.1, 0.15) is 39.5 Å². The van der Waals surface area contributed by atoms with Gasteiger partial charge in [0.2, 0.25) is 0 Å². The molecule has 86 valence electrons. The number of carbonyl (C=O) groups is 1. The molecular formula is C12H21NO2. The summed E-state index contributed by atoms with van der Waals surface area (Å²) in [6.45, 7) is 6.14. The second kappa shape index (κ2) is 4.52. The summed E-state index contributed by atoms with van der Waals surface area (Å²) in [6.07, 6.45) is 4.41. The minimum absolute atomic E-state index is 0.158. The Morgan fingerprint density at radius 2 is 1.87 bits per heavy atom. The van der Waals surface area contributed by atoms with Gasteiger partial charge >= 0.3 is 0 Å². The van der Waals surface area contributed by atoms with Gasteiger partial charge in [-0.05, 0) is 38.5 Å². The van der Waals surface area contributed by atoms with Gasteiger partial charge in [0.05, 0.1) is 6.10 Å². The van der Waals surface area contributed by atoms with E-state index in [4.69, 9.17) is 4.74 Å². The highest BCUT2D eigenvalue weighted by Gasteiger charge is 2.33. The van der Waals surface area contributed by atoms with Crippen LogP contribution in [-0.4, -0.2) is 36.1 Å². The lowest BCUT2D eigenvalue weighted by Crippen LogP contribution is -2.44. The third kappa shape index (κ3) is 2.33. The predicted octanol–water partition coefficient (Wildman–Crippen LogP) is 1.81. The lowest BCUT2D eigenvalue weighted by Gasteiger charge is -2.33. The van der Waals surface area contributed by atoms with Crippen molar-refractivity contribution in [3.8, 4) is 0 Å². The monoisotopic (exact) mass is 211 g/mol. The van der Waals surface area contributed by atoms with Gasteiger partial charge < -0.3 is 9.64 Å². The Morgan fingerprint density at radius 1 is 1.20 bits per heavy atom.